The van der Waals surface area contributed by atoms with E-state index in [2.05, 4.69) is 23.2 Å². The number of nitrogens with two attached hydrogens (primary N) is 1. The molecule has 1 aromatic heterocycles. The van der Waals surface area contributed by atoms with Gasteiger partial charge in [0, 0.05) is 13.6 Å². The third kappa shape index (κ3) is 3.23. The lowest BCUT2D eigenvalue weighted by Gasteiger charge is -2.15. The summed E-state index contributed by atoms with van der Waals surface area (Å²) in [6.45, 7) is 3.23. The zero-order chi connectivity index (χ0) is 12.1. The zero-order valence-electron chi connectivity index (χ0n) is 10.0. The maximum Gasteiger partial charge on any atom is 0.153 e. The molecule has 0 spiro atoms. The molecule has 90 valence electrons. The number of aromatic nitrogens is 2. The smallest absolute Gasteiger partial charge is 0.153 e. The number of nitrogens with zero attached hydrogens (tertiary/aromatic N) is 4. The van der Waals surface area contributed by atoms with Crippen molar-refractivity contribution in [2.75, 3.05) is 13.6 Å². The summed E-state index contributed by atoms with van der Waals surface area (Å²) >= 11 is 0. The highest BCUT2D eigenvalue weighted by molar-refractivity contribution is 5.81. The summed E-state index contributed by atoms with van der Waals surface area (Å²) in [5, 5.41) is 15.8. The van der Waals surface area contributed by atoms with Gasteiger partial charge in [-0.25, -0.2) is 0 Å². The van der Waals surface area contributed by atoms with E-state index >= 15 is 0 Å². The monoisotopic (exact) mass is 225 g/mol. The van der Waals surface area contributed by atoms with E-state index in [9.17, 15) is 0 Å². The van der Waals surface area contributed by atoms with Crippen LogP contribution in [-0.4, -0.2) is 39.3 Å². The fourth-order valence-corrected chi connectivity index (χ4v) is 1.53. The first-order chi connectivity index (χ1) is 7.56. The summed E-state index contributed by atoms with van der Waals surface area (Å²) in [5.74, 6) is 0.209. The van der Waals surface area contributed by atoms with Crippen molar-refractivity contribution in [1.29, 1.82) is 0 Å². The predicted molar refractivity (Wildman–Crippen MR) is 62.3 cm³/mol. The summed E-state index contributed by atoms with van der Waals surface area (Å²) in [5.41, 5.74) is 7.63. The van der Waals surface area contributed by atoms with Gasteiger partial charge in [0.05, 0.1) is 17.9 Å². The van der Waals surface area contributed by atoms with Crippen LogP contribution in [0.1, 0.15) is 18.3 Å². The van der Waals surface area contributed by atoms with E-state index in [0.717, 1.165) is 24.4 Å². The van der Waals surface area contributed by atoms with Gasteiger partial charge in [-0.15, -0.1) is 0 Å². The number of amidine groups is 1. The van der Waals surface area contributed by atoms with Crippen LogP contribution in [0.25, 0.3) is 0 Å². The first-order valence-corrected chi connectivity index (χ1v) is 5.23. The minimum Gasteiger partial charge on any atom is -0.409 e. The number of hydrogen-bond acceptors (Lipinski definition) is 4. The standard InChI is InChI=1S/C10H19N5O/c1-4-8-5-9(15(3)12-8)6-14(2)7-10(11)13-16/h5,16H,4,6-7H2,1-3H3,(H2,11,13). The number of oxime groups is 1. The van der Waals surface area contributed by atoms with Gasteiger partial charge in [0.1, 0.15) is 0 Å². The van der Waals surface area contributed by atoms with E-state index in [1.54, 1.807) is 0 Å². The van der Waals surface area contributed by atoms with Crippen molar-refractivity contribution in [2.45, 2.75) is 19.9 Å². The molecule has 16 heavy (non-hydrogen) atoms. The van der Waals surface area contributed by atoms with Gasteiger partial charge in [-0.3, -0.25) is 9.58 Å². The maximum atomic E-state index is 8.47. The summed E-state index contributed by atoms with van der Waals surface area (Å²) in [4.78, 5) is 1.96. The topological polar surface area (TPSA) is 79.7 Å². The molecule has 0 aromatic carbocycles. The van der Waals surface area contributed by atoms with Crippen molar-refractivity contribution >= 4 is 5.84 Å². The minimum atomic E-state index is 0.209. The summed E-state index contributed by atoms with van der Waals surface area (Å²) in [6, 6.07) is 2.07. The second kappa shape index (κ2) is 5.50. The lowest BCUT2D eigenvalue weighted by molar-refractivity contribution is 0.307. The SMILES string of the molecule is CCc1cc(CN(C)CC(N)=NO)n(C)n1. The Hall–Kier alpha value is -1.56. The van der Waals surface area contributed by atoms with Crippen LogP contribution in [0.4, 0.5) is 0 Å². The van der Waals surface area contributed by atoms with Crippen molar-refractivity contribution in [3.63, 3.8) is 0 Å². The van der Waals surface area contributed by atoms with Crippen molar-refractivity contribution < 1.29 is 5.21 Å². The number of hydrogen-bond donors (Lipinski definition) is 2. The van der Waals surface area contributed by atoms with Crippen molar-refractivity contribution in [3.8, 4) is 0 Å². The van der Waals surface area contributed by atoms with Crippen LogP contribution in [0.15, 0.2) is 11.2 Å². The minimum absolute atomic E-state index is 0.209. The fraction of sp³-hybridized carbons (Fsp3) is 0.600. The molecule has 1 rings (SSSR count). The highest BCUT2D eigenvalue weighted by Crippen LogP contribution is 2.06. The highest BCUT2D eigenvalue weighted by atomic mass is 16.4. The quantitative estimate of drug-likeness (QED) is 0.324. The van der Waals surface area contributed by atoms with Crippen molar-refractivity contribution in [2.24, 2.45) is 17.9 Å². The molecular weight excluding hydrogens is 206 g/mol. The van der Waals surface area contributed by atoms with Crippen LogP contribution in [0.2, 0.25) is 0 Å². The molecule has 1 heterocycles. The Balaban J connectivity index is 2.62. The van der Waals surface area contributed by atoms with E-state index in [0.29, 0.717) is 6.54 Å². The molecule has 0 atom stereocenters. The highest BCUT2D eigenvalue weighted by Gasteiger charge is 2.08. The van der Waals surface area contributed by atoms with Crippen molar-refractivity contribution in [1.82, 2.24) is 14.7 Å². The molecule has 6 nitrogen and oxygen atoms in total. The maximum absolute atomic E-state index is 8.47. The van der Waals surface area contributed by atoms with Gasteiger partial charge in [-0.1, -0.05) is 12.1 Å². The summed E-state index contributed by atoms with van der Waals surface area (Å²) in [6.07, 6.45) is 0.928. The molecule has 0 radical (unpaired) electrons. The van der Waals surface area contributed by atoms with Crippen LogP contribution in [-0.2, 0) is 20.0 Å². The van der Waals surface area contributed by atoms with Gasteiger partial charge in [0.15, 0.2) is 5.84 Å². The molecule has 0 saturated carbocycles. The van der Waals surface area contributed by atoms with Crippen LogP contribution in [0.5, 0.6) is 0 Å². The molecule has 0 aliphatic carbocycles. The predicted octanol–water partition coefficient (Wildman–Crippen LogP) is 0.161. The summed E-state index contributed by atoms with van der Waals surface area (Å²) in [7, 11) is 3.84. The van der Waals surface area contributed by atoms with E-state index in [4.69, 9.17) is 10.9 Å². The molecule has 3 N–H and O–H groups in total. The molecule has 0 amide bonds. The molecule has 0 aliphatic heterocycles. The lowest BCUT2D eigenvalue weighted by Crippen LogP contribution is -2.31. The molecular formula is C10H19N5O. The Morgan fingerprint density at radius 2 is 2.38 bits per heavy atom. The summed E-state index contributed by atoms with van der Waals surface area (Å²) < 4.78 is 1.86. The normalized spacial score (nSPS) is 12.4. The lowest BCUT2D eigenvalue weighted by atomic mass is 10.3. The largest absolute Gasteiger partial charge is 0.409 e. The molecule has 0 aliphatic rings. The Morgan fingerprint density at radius 1 is 1.69 bits per heavy atom. The number of rotatable bonds is 5. The van der Waals surface area contributed by atoms with Crippen LogP contribution >= 0.6 is 0 Å². The van der Waals surface area contributed by atoms with Crippen LogP contribution < -0.4 is 5.73 Å². The molecule has 0 bridgehead atoms. The van der Waals surface area contributed by atoms with Gasteiger partial charge in [0.2, 0.25) is 0 Å². The van der Waals surface area contributed by atoms with Crippen molar-refractivity contribution in [3.05, 3.63) is 17.5 Å². The second-order valence-electron chi connectivity index (χ2n) is 3.87. The van der Waals surface area contributed by atoms with Gasteiger partial charge in [-0.05, 0) is 19.5 Å². The van der Waals surface area contributed by atoms with Crippen LogP contribution in [0.3, 0.4) is 0 Å². The molecule has 0 unspecified atom stereocenters. The van der Waals surface area contributed by atoms with E-state index in [1.165, 1.54) is 0 Å². The van der Waals surface area contributed by atoms with Crippen LogP contribution in [0, 0.1) is 0 Å². The first-order valence-electron chi connectivity index (χ1n) is 5.23. The third-order valence-corrected chi connectivity index (χ3v) is 2.38. The Bertz CT molecular complexity index is 371. The Kier molecular flexibility index (Phi) is 4.30. The number of likely N-dealkylation sites (N-methyl/N-ethyl adjacent to an activating group) is 1. The fourth-order valence-electron chi connectivity index (χ4n) is 1.53. The molecule has 6 heteroatoms. The van der Waals surface area contributed by atoms with Gasteiger partial charge in [0.25, 0.3) is 0 Å². The average Bonchev–Trinajstić information content (AvgIpc) is 2.59. The molecule has 0 fully saturated rings. The molecule has 1 aromatic rings. The van der Waals surface area contributed by atoms with E-state index < -0.39 is 0 Å². The number of aryl methyl sites for hydroxylation is 2. The zero-order valence-corrected chi connectivity index (χ0v) is 10.0. The van der Waals surface area contributed by atoms with E-state index in [1.807, 2.05) is 23.7 Å². The molecule has 0 saturated heterocycles. The third-order valence-electron chi connectivity index (χ3n) is 2.38. The van der Waals surface area contributed by atoms with Gasteiger partial charge >= 0.3 is 0 Å². The van der Waals surface area contributed by atoms with Gasteiger partial charge < -0.3 is 10.9 Å². The first kappa shape index (κ1) is 12.5. The Morgan fingerprint density at radius 3 is 2.88 bits per heavy atom. The van der Waals surface area contributed by atoms with Gasteiger partial charge in [-0.2, -0.15) is 5.10 Å². The Labute approximate surface area is 95.3 Å². The second-order valence-corrected chi connectivity index (χ2v) is 3.87. The van der Waals surface area contributed by atoms with E-state index in [-0.39, 0.29) is 5.84 Å². The average molecular weight is 225 g/mol.